The summed E-state index contributed by atoms with van der Waals surface area (Å²) >= 11 is 0. The summed E-state index contributed by atoms with van der Waals surface area (Å²) in [7, 11) is 0. The lowest BCUT2D eigenvalue weighted by Crippen LogP contribution is -2.68. The Bertz CT molecular complexity index is 1730. The Morgan fingerprint density at radius 2 is 1.52 bits per heavy atom. The van der Waals surface area contributed by atoms with Crippen LogP contribution in [0, 0.1) is 56.7 Å². The van der Waals surface area contributed by atoms with Crippen LogP contribution in [-0.4, -0.2) is 105 Å². The van der Waals surface area contributed by atoms with Crippen LogP contribution in [0.5, 0.6) is 0 Å². The monoisotopic (exact) mass is 838 g/mol. The predicted octanol–water partition coefficient (Wildman–Crippen LogP) is 5.60. The van der Waals surface area contributed by atoms with Crippen molar-refractivity contribution in [2.24, 2.45) is 56.7 Å². The normalized spacial score (nSPS) is 51.4. The van der Waals surface area contributed by atoms with Gasteiger partial charge in [-0.2, -0.15) is 0 Å². The zero-order valence-electron chi connectivity index (χ0n) is 37.0. The van der Waals surface area contributed by atoms with Crippen LogP contribution in [0.25, 0.3) is 0 Å². The smallest absolute Gasteiger partial charge is 0.187 e. The number of nitrogens with one attached hydrogen (secondary N) is 1. The van der Waals surface area contributed by atoms with Gasteiger partial charge < -0.3 is 54.9 Å². The fourth-order valence-corrected chi connectivity index (χ4v) is 15.3. The summed E-state index contributed by atoms with van der Waals surface area (Å²) in [5, 5.41) is 68.6. The molecule has 7 N–H and O–H groups in total. The fraction of sp³-hybridized carbons (Fsp3) is 0.796. The minimum Gasteiger partial charge on any atom is -0.396 e. The molecule has 1 aromatic rings. The molecule has 1 aromatic carbocycles. The zero-order chi connectivity index (χ0) is 43.2. The van der Waals surface area contributed by atoms with Gasteiger partial charge in [-0.3, -0.25) is 0 Å². The standard InChI is InChI=1S/C49H75NO10/c1-27(2)31-16-21-49(29(4)50-24-30-12-10-9-11-13-30)23-22-47(7)32(37(31)49)14-15-35-45(5)19-18-36(46(6,26-51)34(45)17-20-48(35,47)8)59-44-42(39(54)33(52)25-57-44)60-43-41(56)40(55)38(53)28(3)58-43/h9-13,28,31-44,50-56H,1,4,14-26H2,2-3,5-8H3/t28-,31-,32?,33-,34+,35?,36-,37?,38-,39-,40+,41+,42+,43-,44-,45-,46-,47+,48+,49+/m0/s1. The minimum absolute atomic E-state index is 0.0463. The lowest BCUT2D eigenvalue weighted by atomic mass is 9.32. The maximum atomic E-state index is 11.5. The SMILES string of the molecule is C=C(C)[C@@H]1CC[C@]2(C(=C)NCc3ccccc3)CC[C@]3(C)C(CCC4[C@@]5(C)CC[C@H](O[C@@H]6OC[C@H](O)[C@H](O)[C@H]6O[C@@H]6O[C@@H](C)[C@H](O)[C@@H](O)[C@H]6O)[C@@](C)(CO)[C@@H]5CC[C@]43C)C12. The van der Waals surface area contributed by atoms with Crippen molar-refractivity contribution in [3.8, 4) is 0 Å². The third-order valence-corrected chi connectivity index (χ3v) is 18.9. The van der Waals surface area contributed by atoms with Gasteiger partial charge in [-0.05, 0) is 129 Å². The molecule has 3 unspecified atom stereocenters. The van der Waals surface area contributed by atoms with Gasteiger partial charge in [-0.25, -0.2) is 0 Å². The summed E-state index contributed by atoms with van der Waals surface area (Å²) in [5.41, 5.74) is 3.38. The van der Waals surface area contributed by atoms with E-state index in [1.54, 1.807) is 6.92 Å². The molecule has 0 aromatic heterocycles. The van der Waals surface area contributed by atoms with E-state index in [9.17, 15) is 30.6 Å². The second-order valence-electron chi connectivity index (χ2n) is 21.5. The molecule has 11 nitrogen and oxygen atoms in total. The first-order valence-electron chi connectivity index (χ1n) is 23.1. The molecule has 0 spiro atoms. The van der Waals surface area contributed by atoms with E-state index < -0.39 is 66.8 Å². The molecule has 11 heteroatoms. The highest BCUT2D eigenvalue weighted by molar-refractivity contribution is 5.28. The number of benzene rings is 1. The van der Waals surface area contributed by atoms with Crippen LogP contribution < -0.4 is 5.32 Å². The van der Waals surface area contributed by atoms with Crippen molar-refractivity contribution in [3.05, 3.63) is 60.3 Å². The summed E-state index contributed by atoms with van der Waals surface area (Å²) < 4.78 is 24.6. The summed E-state index contributed by atoms with van der Waals surface area (Å²) in [6, 6.07) is 10.6. The largest absolute Gasteiger partial charge is 0.396 e. The number of hydrogen-bond acceptors (Lipinski definition) is 11. The van der Waals surface area contributed by atoms with Crippen molar-refractivity contribution >= 4 is 0 Å². The molecule has 7 aliphatic rings. The average Bonchev–Trinajstić information content (AvgIpc) is 3.64. The Hall–Kier alpha value is -1.90. The average molecular weight is 838 g/mol. The van der Waals surface area contributed by atoms with Crippen molar-refractivity contribution in [1.82, 2.24) is 5.32 Å². The van der Waals surface area contributed by atoms with Crippen LogP contribution >= 0.6 is 0 Å². The number of aliphatic hydroxyl groups is 6. The van der Waals surface area contributed by atoms with E-state index >= 15 is 0 Å². The molecule has 0 radical (unpaired) electrons. The molecule has 2 aliphatic heterocycles. The predicted molar refractivity (Wildman–Crippen MR) is 227 cm³/mol. The number of fused-ring (bicyclic) bond motifs is 7. The minimum atomic E-state index is -1.61. The van der Waals surface area contributed by atoms with Crippen molar-refractivity contribution < 1.29 is 49.6 Å². The van der Waals surface area contributed by atoms with Gasteiger partial charge in [0.1, 0.15) is 36.6 Å². The van der Waals surface area contributed by atoms with E-state index in [0.717, 1.165) is 45.1 Å². The van der Waals surface area contributed by atoms with Crippen LogP contribution in [-0.2, 0) is 25.5 Å². The molecule has 60 heavy (non-hydrogen) atoms. The van der Waals surface area contributed by atoms with Gasteiger partial charge in [-0.15, -0.1) is 0 Å². The van der Waals surface area contributed by atoms with Crippen molar-refractivity contribution in [2.75, 3.05) is 13.2 Å². The second kappa shape index (κ2) is 16.3. The molecule has 2 heterocycles. The van der Waals surface area contributed by atoms with E-state index in [1.165, 1.54) is 36.1 Å². The summed E-state index contributed by atoms with van der Waals surface area (Å²) in [4.78, 5) is 0. The van der Waals surface area contributed by atoms with Gasteiger partial charge in [0.15, 0.2) is 12.6 Å². The third kappa shape index (κ3) is 6.81. The third-order valence-electron chi connectivity index (χ3n) is 18.9. The Morgan fingerprint density at radius 1 is 0.783 bits per heavy atom. The van der Waals surface area contributed by atoms with Crippen LogP contribution in [0.1, 0.15) is 111 Å². The van der Waals surface area contributed by atoms with Gasteiger partial charge in [0, 0.05) is 23.1 Å². The van der Waals surface area contributed by atoms with E-state index in [1.807, 2.05) is 0 Å². The Morgan fingerprint density at radius 3 is 2.22 bits per heavy atom. The van der Waals surface area contributed by atoms with E-state index in [-0.39, 0.29) is 40.8 Å². The van der Waals surface area contributed by atoms with Crippen molar-refractivity contribution in [3.63, 3.8) is 0 Å². The van der Waals surface area contributed by atoms with Gasteiger partial charge in [0.05, 0.1) is 25.4 Å². The van der Waals surface area contributed by atoms with E-state index in [0.29, 0.717) is 30.1 Å². The summed E-state index contributed by atoms with van der Waals surface area (Å²) in [6.45, 7) is 23.6. The van der Waals surface area contributed by atoms with Crippen molar-refractivity contribution in [2.45, 2.75) is 174 Å². The first-order valence-corrected chi connectivity index (χ1v) is 23.1. The molecule has 0 bridgehead atoms. The number of aliphatic hydroxyl groups excluding tert-OH is 6. The molecule has 5 aliphatic carbocycles. The molecular weight excluding hydrogens is 763 g/mol. The van der Waals surface area contributed by atoms with Crippen LogP contribution in [0.3, 0.4) is 0 Å². The fourth-order valence-electron chi connectivity index (χ4n) is 15.3. The summed E-state index contributed by atoms with van der Waals surface area (Å²) in [6.07, 6.45) is -1.75. The zero-order valence-corrected chi connectivity index (χ0v) is 37.0. The Kier molecular flexibility index (Phi) is 12.1. The molecule has 20 atom stereocenters. The van der Waals surface area contributed by atoms with E-state index in [4.69, 9.17) is 25.5 Å². The number of allylic oxidation sites excluding steroid dienone is 2. The molecule has 7 fully saturated rings. The molecule has 8 rings (SSSR count). The maximum absolute atomic E-state index is 11.5. The highest BCUT2D eigenvalue weighted by Crippen LogP contribution is 2.78. The molecular formula is C49H75NO10. The Balaban J connectivity index is 1.03. The topological polar surface area (TPSA) is 170 Å². The lowest BCUT2D eigenvalue weighted by Gasteiger charge is -2.73. The van der Waals surface area contributed by atoms with Crippen LogP contribution in [0.15, 0.2) is 54.8 Å². The Labute approximate surface area is 357 Å². The summed E-state index contributed by atoms with van der Waals surface area (Å²) in [5.74, 6) is 2.14. The van der Waals surface area contributed by atoms with Gasteiger partial charge in [-0.1, -0.05) is 76.8 Å². The maximum Gasteiger partial charge on any atom is 0.187 e. The van der Waals surface area contributed by atoms with E-state index in [2.05, 4.69) is 76.8 Å². The highest BCUT2D eigenvalue weighted by Gasteiger charge is 2.72. The molecule has 0 amide bonds. The molecule has 336 valence electrons. The quantitative estimate of drug-likeness (QED) is 0.116. The van der Waals surface area contributed by atoms with Gasteiger partial charge >= 0.3 is 0 Å². The first-order chi connectivity index (χ1) is 28.4. The first kappa shape index (κ1) is 44.7. The van der Waals surface area contributed by atoms with Crippen molar-refractivity contribution in [1.29, 1.82) is 0 Å². The second-order valence-corrected chi connectivity index (χ2v) is 21.5. The number of rotatable bonds is 10. The highest BCUT2D eigenvalue weighted by atomic mass is 16.8. The van der Waals surface area contributed by atoms with Crippen LogP contribution in [0.2, 0.25) is 0 Å². The van der Waals surface area contributed by atoms with Crippen LogP contribution in [0.4, 0.5) is 0 Å². The number of ether oxygens (including phenoxy) is 4. The molecule has 5 saturated carbocycles. The molecule has 2 saturated heterocycles. The van der Waals surface area contributed by atoms with Gasteiger partial charge in [0.25, 0.3) is 0 Å². The van der Waals surface area contributed by atoms with Gasteiger partial charge in [0.2, 0.25) is 0 Å². The number of hydrogen-bond donors (Lipinski definition) is 7. The lowest BCUT2D eigenvalue weighted by molar-refractivity contribution is -0.366.